The normalized spacial score (nSPS) is 18.6. The van der Waals surface area contributed by atoms with Crippen molar-refractivity contribution in [2.75, 3.05) is 6.54 Å². The van der Waals surface area contributed by atoms with Crippen molar-refractivity contribution < 1.29 is 18.4 Å². The van der Waals surface area contributed by atoms with Gasteiger partial charge in [0.15, 0.2) is 0 Å². The molecule has 3 atom stereocenters. The van der Waals surface area contributed by atoms with Gasteiger partial charge in [0.2, 0.25) is 11.8 Å². The molecule has 1 fully saturated rings. The number of H-pyrrole nitrogens is 1. The number of rotatable bonds is 7. The molecule has 3 aromatic rings. The van der Waals surface area contributed by atoms with E-state index in [4.69, 9.17) is 0 Å². The highest BCUT2D eigenvalue weighted by molar-refractivity contribution is 5.89. The molecule has 0 saturated carbocycles. The molecule has 1 saturated heterocycles. The predicted octanol–water partition coefficient (Wildman–Crippen LogP) is 3.76. The summed E-state index contributed by atoms with van der Waals surface area (Å²) in [5, 5.41) is 12.8. The number of carbonyl (C=O) groups excluding carboxylic acids is 2. The molecule has 0 aliphatic carbocycles. The summed E-state index contributed by atoms with van der Waals surface area (Å²) in [6.07, 6.45) is -0.0547. The zero-order valence-electron chi connectivity index (χ0n) is 20.0. The number of aromatic nitrogens is 3. The minimum atomic E-state index is -1.31. The van der Waals surface area contributed by atoms with E-state index in [0.29, 0.717) is 16.8 Å². The minimum absolute atomic E-state index is 0.0124. The first kappa shape index (κ1) is 24.5. The van der Waals surface area contributed by atoms with Gasteiger partial charge in [-0.2, -0.15) is 0 Å². The Bertz CT molecular complexity index is 1160. The van der Waals surface area contributed by atoms with Gasteiger partial charge < -0.3 is 10.2 Å². The van der Waals surface area contributed by atoms with E-state index in [1.807, 2.05) is 57.2 Å². The van der Waals surface area contributed by atoms with E-state index in [0.717, 1.165) is 11.1 Å². The summed E-state index contributed by atoms with van der Waals surface area (Å²) in [5.41, 5.74) is 3.25. The Kier molecular flexibility index (Phi) is 7.23. The van der Waals surface area contributed by atoms with Gasteiger partial charge in [-0.15, -0.1) is 5.10 Å². The first-order valence-corrected chi connectivity index (χ1v) is 11.7. The molecule has 1 aliphatic rings. The summed E-state index contributed by atoms with van der Waals surface area (Å²) in [6.45, 7) is 5.55. The number of alkyl halides is 1. The molecule has 0 spiro atoms. The lowest BCUT2D eigenvalue weighted by atomic mass is 9.91. The number of aromatic amines is 1. The quantitative estimate of drug-likeness (QED) is 0.538. The summed E-state index contributed by atoms with van der Waals surface area (Å²) < 4.78 is 29.4. The number of nitrogens with one attached hydrogen (secondary N) is 2. The average molecular weight is 482 g/mol. The zero-order chi connectivity index (χ0) is 25.1. The molecule has 1 aromatic heterocycles. The van der Waals surface area contributed by atoms with Crippen molar-refractivity contribution in [3.05, 3.63) is 82.4 Å². The molecule has 1 unspecified atom stereocenters. The molecular weight excluding hydrogens is 452 g/mol. The zero-order valence-corrected chi connectivity index (χ0v) is 20.0. The molecular formula is C26H29F2N5O2. The van der Waals surface area contributed by atoms with Crippen LogP contribution in [0, 0.1) is 12.7 Å². The minimum Gasteiger partial charge on any atom is -0.343 e. The van der Waals surface area contributed by atoms with E-state index in [1.165, 1.54) is 17.2 Å². The number of carbonyl (C=O) groups is 2. The van der Waals surface area contributed by atoms with E-state index in [1.54, 1.807) is 0 Å². The maximum Gasteiger partial charge on any atom is 0.243 e. The lowest BCUT2D eigenvalue weighted by molar-refractivity contribution is -0.138. The van der Waals surface area contributed by atoms with Gasteiger partial charge in [0.05, 0.1) is 30.9 Å². The Morgan fingerprint density at radius 2 is 1.94 bits per heavy atom. The molecule has 4 rings (SSSR count). The van der Waals surface area contributed by atoms with Crippen molar-refractivity contribution in [1.82, 2.24) is 25.6 Å². The van der Waals surface area contributed by atoms with Gasteiger partial charge in [-0.05, 0) is 41.2 Å². The van der Waals surface area contributed by atoms with E-state index in [2.05, 4.69) is 20.7 Å². The number of hydrogen-bond acceptors (Lipinski definition) is 4. The van der Waals surface area contributed by atoms with Crippen LogP contribution in [0.5, 0.6) is 0 Å². The molecule has 35 heavy (non-hydrogen) atoms. The maximum absolute atomic E-state index is 15.0. The van der Waals surface area contributed by atoms with Crippen LogP contribution in [0.2, 0.25) is 0 Å². The Hall–Kier alpha value is -3.62. The third kappa shape index (κ3) is 5.39. The van der Waals surface area contributed by atoms with Crippen LogP contribution in [0.25, 0.3) is 0 Å². The van der Waals surface area contributed by atoms with Crippen LogP contribution in [0.3, 0.4) is 0 Å². The molecule has 184 valence electrons. The van der Waals surface area contributed by atoms with Gasteiger partial charge in [0.25, 0.3) is 0 Å². The molecule has 2 N–H and O–H groups in total. The summed E-state index contributed by atoms with van der Waals surface area (Å²) in [5.74, 6) is -1.20. The summed E-state index contributed by atoms with van der Waals surface area (Å²) in [6, 6.07) is 10.9. The van der Waals surface area contributed by atoms with E-state index in [9.17, 15) is 14.0 Å². The first-order valence-electron chi connectivity index (χ1n) is 11.7. The molecule has 2 heterocycles. The summed E-state index contributed by atoms with van der Waals surface area (Å²) >= 11 is 0. The lowest BCUT2D eigenvalue weighted by Gasteiger charge is -2.27. The van der Waals surface area contributed by atoms with Crippen molar-refractivity contribution in [3.63, 3.8) is 0 Å². The highest BCUT2D eigenvalue weighted by Gasteiger charge is 2.40. The smallest absolute Gasteiger partial charge is 0.243 e. The van der Waals surface area contributed by atoms with Gasteiger partial charge in [-0.25, -0.2) is 8.78 Å². The molecule has 0 radical (unpaired) electrons. The van der Waals surface area contributed by atoms with Crippen LogP contribution in [0.1, 0.15) is 60.2 Å². The van der Waals surface area contributed by atoms with Gasteiger partial charge >= 0.3 is 0 Å². The van der Waals surface area contributed by atoms with Crippen molar-refractivity contribution in [1.29, 1.82) is 0 Å². The van der Waals surface area contributed by atoms with Crippen LogP contribution >= 0.6 is 0 Å². The number of likely N-dealkylation sites (tertiary alicyclic amines) is 1. The van der Waals surface area contributed by atoms with Gasteiger partial charge in [0, 0.05) is 6.42 Å². The van der Waals surface area contributed by atoms with Crippen LogP contribution in [-0.2, 0) is 16.0 Å². The van der Waals surface area contributed by atoms with Crippen LogP contribution < -0.4 is 5.32 Å². The fourth-order valence-corrected chi connectivity index (χ4v) is 4.80. The highest BCUT2D eigenvalue weighted by atomic mass is 19.1. The molecule has 1 aliphatic heterocycles. The van der Waals surface area contributed by atoms with Crippen molar-refractivity contribution in [2.45, 2.75) is 57.8 Å². The lowest BCUT2D eigenvalue weighted by Crippen LogP contribution is -2.47. The Labute approximate surface area is 202 Å². The topological polar surface area (TPSA) is 91.0 Å². The fourth-order valence-electron chi connectivity index (χ4n) is 4.80. The number of nitrogens with zero attached hydrogens (tertiary/aromatic N) is 3. The van der Waals surface area contributed by atoms with Crippen molar-refractivity contribution in [2.24, 2.45) is 0 Å². The maximum atomic E-state index is 15.0. The Balaban J connectivity index is 1.62. The standard InChI is InChI=1S/C26H29F2N5O2/c1-15(2)24-16(3)9-18(10-21(24)28)25(17-7-5-4-6-8-17)30-26(35)22-11-19(27)14-33(22)23(34)12-20-13-29-32-31-20/h4-10,13,15,19,22,25H,11-12,14H2,1-3H3,(H,30,35)(H,29,31,32)/t19-,22+,25?/m1/s1. The van der Waals surface area contributed by atoms with E-state index < -0.39 is 30.1 Å². The Morgan fingerprint density at radius 1 is 1.20 bits per heavy atom. The fraction of sp³-hybridized carbons (Fsp3) is 0.385. The third-order valence-electron chi connectivity index (χ3n) is 6.37. The number of halogens is 2. The molecule has 0 bridgehead atoms. The van der Waals surface area contributed by atoms with Crippen LogP contribution in [0.4, 0.5) is 8.78 Å². The number of hydrogen-bond donors (Lipinski definition) is 2. The second-order valence-electron chi connectivity index (χ2n) is 9.29. The van der Waals surface area contributed by atoms with Gasteiger partial charge in [-0.1, -0.05) is 55.5 Å². The summed E-state index contributed by atoms with van der Waals surface area (Å²) in [7, 11) is 0. The van der Waals surface area contributed by atoms with Crippen LogP contribution in [-0.4, -0.2) is 50.9 Å². The largest absolute Gasteiger partial charge is 0.343 e. The molecule has 2 amide bonds. The van der Waals surface area contributed by atoms with Gasteiger partial charge in [0.1, 0.15) is 18.0 Å². The number of benzene rings is 2. The van der Waals surface area contributed by atoms with Crippen LogP contribution in [0.15, 0.2) is 48.7 Å². The van der Waals surface area contributed by atoms with Gasteiger partial charge in [-0.3, -0.25) is 14.7 Å². The Morgan fingerprint density at radius 3 is 2.57 bits per heavy atom. The first-order chi connectivity index (χ1) is 16.7. The second-order valence-corrected chi connectivity index (χ2v) is 9.29. The molecule has 7 nitrogen and oxygen atoms in total. The molecule has 2 aromatic carbocycles. The third-order valence-corrected chi connectivity index (χ3v) is 6.37. The van der Waals surface area contributed by atoms with E-state index >= 15 is 4.39 Å². The monoisotopic (exact) mass is 481 g/mol. The predicted molar refractivity (Wildman–Crippen MR) is 127 cm³/mol. The average Bonchev–Trinajstić information content (AvgIpc) is 3.46. The molecule has 9 heteroatoms. The number of amides is 2. The summed E-state index contributed by atoms with van der Waals surface area (Å²) in [4.78, 5) is 27.5. The van der Waals surface area contributed by atoms with Crippen molar-refractivity contribution >= 4 is 11.8 Å². The van der Waals surface area contributed by atoms with E-state index in [-0.39, 0.29) is 31.1 Å². The highest BCUT2D eigenvalue weighted by Crippen LogP contribution is 2.30. The van der Waals surface area contributed by atoms with Crippen molar-refractivity contribution in [3.8, 4) is 0 Å². The second kappa shape index (κ2) is 10.3. The number of aryl methyl sites for hydroxylation is 1. The SMILES string of the molecule is Cc1cc(C(NC(=O)[C@@H]2C[C@@H](F)CN2C(=O)Cc2cnn[nH]2)c2ccccc2)cc(F)c1C(C)C.